The summed E-state index contributed by atoms with van der Waals surface area (Å²) in [7, 11) is 0. The van der Waals surface area contributed by atoms with Gasteiger partial charge in [0, 0.05) is 16.8 Å². The van der Waals surface area contributed by atoms with Crippen LogP contribution in [-0.2, 0) is 5.41 Å². The summed E-state index contributed by atoms with van der Waals surface area (Å²) in [6.07, 6.45) is 0. The molecule has 10 aromatic rings. The van der Waals surface area contributed by atoms with Gasteiger partial charge < -0.3 is 4.90 Å². The molecular weight excluding hydrogens is 699 g/mol. The molecule has 272 valence electrons. The molecule has 0 saturated heterocycles. The molecule has 10 aromatic carbocycles. The highest BCUT2D eigenvalue weighted by Crippen LogP contribution is 2.58. The van der Waals surface area contributed by atoms with E-state index in [-0.39, 0.29) is 0 Å². The zero-order valence-corrected chi connectivity index (χ0v) is 32.0. The van der Waals surface area contributed by atoms with Crippen molar-refractivity contribution >= 4 is 38.6 Å². The smallest absolute Gasteiger partial charge is 0.0714 e. The van der Waals surface area contributed by atoms with E-state index in [0.29, 0.717) is 0 Å². The van der Waals surface area contributed by atoms with Gasteiger partial charge in [0.25, 0.3) is 0 Å². The predicted molar refractivity (Wildman–Crippen MR) is 244 cm³/mol. The molecule has 0 heterocycles. The molecule has 0 aromatic heterocycles. The molecule has 0 radical (unpaired) electrons. The highest BCUT2D eigenvalue weighted by atomic mass is 15.1. The molecule has 0 atom stereocenters. The maximum absolute atomic E-state index is 2.49. The quantitative estimate of drug-likeness (QED) is 0.147. The van der Waals surface area contributed by atoms with Gasteiger partial charge in [0.05, 0.1) is 11.1 Å². The first-order valence-electron chi connectivity index (χ1n) is 20.1. The van der Waals surface area contributed by atoms with Crippen LogP contribution in [0.3, 0.4) is 0 Å². The maximum atomic E-state index is 2.49. The van der Waals surface area contributed by atoms with Gasteiger partial charge in [-0.05, 0) is 108 Å². The minimum Gasteiger partial charge on any atom is -0.310 e. The summed E-state index contributed by atoms with van der Waals surface area (Å²) in [5, 5.41) is 4.92. The normalized spacial score (nSPS) is 12.6. The van der Waals surface area contributed by atoms with Crippen molar-refractivity contribution < 1.29 is 0 Å². The van der Waals surface area contributed by atoms with Crippen molar-refractivity contribution in [1.29, 1.82) is 0 Å². The molecule has 1 aliphatic carbocycles. The average Bonchev–Trinajstić information content (AvgIpc) is 3.60. The first-order valence-corrected chi connectivity index (χ1v) is 20.1. The molecule has 0 bridgehead atoms. The Balaban J connectivity index is 1.22. The van der Waals surface area contributed by atoms with E-state index in [1.54, 1.807) is 0 Å². The lowest BCUT2D eigenvalue weighted by Gasteiger charge is -2.35. The molecule has 0 spiro atoms. The van der Waals surface area contributed by atoms with Crippen LogP contribution in [0.25, 0.3) is 54.9 Å². The van der Waals surface area contributed by atoms with Crippen LogP contribution in [0.4, 0.5) is 17.1 Å². The first kappa shape index (κ1) is 33.8. The lowest BCUT2D eigenvalue weighted by atomic mass is 9.67. The molecule has 0 N–H and O–H groups in total. The Morgan fingerprint density at radius 2 is 0.776 bits per heavy atom. The van der Waals surface area contributed by atoms with Crippen molar-refractivity contribution in [3.8, 4) is 33.4 Å². The van der Waals surface area contributed by atoms with Crippen molar-refractivity contribution in [3.63, 3.8) is 0 Å². The van der Waals surface area contributed by atoms with Gasteiger partial charge in [-0.15, -0.1) is 0 Å². The SMILES string of the molecule is c1ccc(-c2cccc(N(c3ccc4c(c3)C(c3ccccc3)(c3ccccc3)c3cc(-c5ccccc5)ccc3-4)c3cc4ccccc4c4ccccc34)c2)cc1. The zero-order valence-electron chi connectivity index (χ0n) is 32.0. The Morgan fingerprint density at radius 3 is 1.43 bits per heavy atom. The highest BCUT2D eigenvalue weighted by molar-refractivity contribution is 6.14. The first-order chi connectivity index (χ1) is 28.8. The molecule has 0 amide bonds. The van der Waals surface area contributed by atoms with Gasteiger partial charge in [-0.3, -0.25) is 0 Å². The Labute approximate surface area is 339 Å². The third-order valence-corrected chi connectivity index (χ3v) is 12.1. The molecule has 0 fully saturated rings. The van der Waals surface area contributed by atoms with Gasteiger partial charge >= 0.3 is 0 Å². The second-order valence-electron chi connectivity index (χ2n) is 15.3. The van der Waals surface area contributed by atoms with E-state index in [1.807, 2.05) is 0 Å². The number of rotatable bonds is 7. The summed E-state index contributed by atoms with van der Waals surface area (Å²) in [6, 6.07) is 87.0. The zero-order chi connectivity index (χ0) is 38.5. The summed E-state index contributed by atoms with van der Waals surface area (Å²) in [5.74, 6) is 0. The van der Waals surface area contributed by atoms with E-state index in [4.69, 9.17) is 0 Å². The molecular formula is C57H39N. The minimum atomic E-state index is -0.572. The fourth-order valence-corrected chi connectivity index (χ4v) is 9.53. The van der Waals surface area contributed by atoms with Crippen LogP contribution in [-0.4, -0.2) is 0 Å². The molecule has 58 heavy (non-hydrogen) atoms. The molecule has 0 aliphatic heterocycles. The van der Waals surface area contributed by atoms with Gasteiger partial charge in [-0.25, -0.2) is 0 Å². The van der Waals surface area contributed by atoms with Crippen molar-refractivity contribution in [2.75, 3.05) is 4.90 Å². The summed E-state index contributed by atoms with van der Waals surface area (Å²) >= 11 is 0. The van der Waals surface area contributed by atoms with Gasteiger partial charge in [-0.1, -0.05) is 200 Å². The van der Waals surface area contributed by atoms with Crippen LogP contribution in [0.1, 0.15) is 22.3 Å². The van der Waals surface area contributed by atoms with Crippen molar-refractivity contribution in [2.24, 2.45) is 0 Å². The highest BCUT2D eigenvalue weighted by Gasteiger charge is 2.46. The summed E-state index contributed by atoms with van der Waals surface area (Å²) < 4.78 is 0. The number of hydrogen-bond donors (Lipinski definition) is 0. The van der Waals surface area contributed by atoms with E-state index in [1.165, 1.54) is 77.2 Å². The standard InChI is InChI=1S/C57H39N/c1-5-18-40(19-6-1)42-23-17-28-47(36-42)58(56-38-44-22-13-14-29-49(44)50-30-15-16-31-53(50)56)48-33-35-52-51-34-32-43(41-20-7-2-8-21-41)37-54(51)57(55(52)39-48,45-24-9-3-10-25-45)46-26-11-4-12-27-46/h1-39H. The number of nitrogens with zero attached hydrogens (tertiary/aromatic N) is 1. The van der Waals surface area contributed by atoms with Gasteiger partial charge in [0.15, 0.2) is 0 Å². The number of hydrogen-bond acceptors (Lipinski definition) is 1. The van der Waals surface area contributed by atoms with Crippen molar-refractivity contribution in [3.05, 3.63) is 259 Å². The van der Waals surface area contributed by atoms with Crippen molar-refractivity contribution in [2.45, 2.75) is 5.41 Å². The molecule has 0 saturated carbocycles. The second-order valence-corrected chi connectivity index (χ2v) is 15.3. The summed E-state index contributed by atoms with van der Waals surface area (Å²) in [6.45, 7) is 0. The van der Waals surface area contributed by atoms with E-state index >= 15 is 0 Å². The topological polar surface area (TPSA) is 3.24 Å². The molecule has 1 aliphatic rings. The third kappa shape index (κ3) is 5.39. The largest absolute Gasteiger partial charge is 0.310 e. The van der Waals surface area contributed by atoms with Crippen LogP contribution >= 0.6 is 0 Å². The fourth-order valence-electron chi connectivity index (χ4n) is 9.53. The van der Waals surface area contributed by atoms with E-state index in [9.17, 15) is 0 Å². The summed E-state index contributed by atoms with van der Waals surface area (Å²) in [5.41, 5.74) is 15.2. The average molecular weight is 738 g/mol. The van der Waals surface area contributed by atoms with Crippen molar-refractivity contribution in [1.82, 2.24) is 0 Å². The van der Waals surface area contributed by atoms with E-state index < -0.39 is 5.41 Å². The van der Waals surface area contributed by atoms with Crippen LogP contribution in [0.5, 0.6) is 0 Å². The summed E-state index contributed by atoms with van der Waals surface area (Å²) in [4.78, 5) is 2.49. The number of anilines is 3. The Kier molecular flexibility index (Phi) is 8.12. The minimum absolute atomic E-state index is 0.572. The third-order valence-electron chi connectivity index (χ3n) is 12.1. The molecule has 0 unspecified atom stereocenters. The second kappa shape index (κ2) is 13.9. The monoisotopic (exact) mass is 737 g/mol. The molecule has 1 nitrogen and oxygen atoms in total. The Hall–Kier alpha value is -7.48. The Morgan fingerprint density at radius 1 is 0.293 bits per heavy atom. The lowest BCUT2D eigenvalue weighted by molar-refractivity contribution is 0.768. The molecule has 11 rings (SSSR count). The van der Waals surface area contributed by atoms with Crippen LogP contribution in [0.2, 0.25) is 0 Å². The van der Waals surface area contributed by atoms with Crippen LogP contribution < -0.4 is 4.90 Å². The lowest BCUT2D eigenvalue weighted by Crippen LogP contribution is -2.28. The van der Waals surface area contributed by atoms with Crippen LogP contribution in [0.15, 0.2) is 237 Å². The Bertz CT molecular complexity index is 3060. The van der Waals surface area contributed by atoms with E-state index in [2.05, 4.69) is 241 Å². The van der Waals surface area contributed by atoms with Gasteiger partial charge in [0.2, 0.25) is 0 Å². The van der Waals surface area contributed by atoms with Crippen LogP contribution in [0, 0.1) is 0 Å². The number of fused-ring (bicyclic) bond motifs is 6. The predicted octanol–water partition coefficient (Wildman–Crippen LogP) is 15.2. The maximum Gasteiger partial charge on any atom is 0.0714 e. The van der Waals surface area contributed by atoms with Gasteiger partial charge in [0.1, 0.15) is 0 Å². The van der Waals surface area contributed by atoms with Gasteiger partial charge in [-0.2, -0.15) is 0 Å². The molecule has 1 heteroatoms. The van der Waals surface area contributed by atoms with E-state index in [0.717, 1.165) is 17.1 Å². The number of benzene rings is 10. The fraction of sp³-hybridized carbons (Fsp3) is 0.0175.